The summed E-state index contributed by atoms with van der Waals surface area (Å²) >= 11 is 0. The SMILES string of the molecule is CC[C@@H](C)c1ccc2oc(-c3cccc(NC(=O)c4ccccc4OC)c3)nc2c1. The fourth-order valence-corrected chi connectivity index (χ4v) is 3.37. The Bertz CT molecular complexity index is 1200. The molecule has 0 aliphatic rings. The molecule has 0 spiro atoms. The number of nitrogens with one attached hydrogen (secondary N) is 1. The molecule has 1 N–H and O–H groups in total. The minimum absolute atomic E-state index is 0.236. The first-order chi connectivity index (χ1) is 14.6. The number of para-hydroxylation sites is 1. The van der Waals surface area contributed by atoms with Crippen molar-refractivity contribution in [3.05, 3.63) is 77.9 Å². The van der Waals surface area contributed by atoms with Gasteiger partial charge < -0.3 is 14.5 Å². The van der Waals surface area contributed by atoms with E-state index < -0.39 is 0 Å². The predicted molar refractivity (Wildman–Crippen MR) is 119 cm³/mol. The van der Waals surface area contributed by atoms with Gasteiger partial charge in [-0.25, -0.2) is 4.98 Å². The number of hydrogen-bond donors (Lipinski definition) is 1. The van der Waals surface area contributed by atoms with Crippen LogP contribution >= 0.6 is 0 Å². The van der Waals surface area contributed by atoms with Crippen LogP contribution in [0.3, 0.4) is 0 Å². The number of aromatic nitrogens is 1. The van der Waals surface area contributed by atoms with E-state index in [1.807, 2.05) is 36.4 Å². The monoisotopic (exact) mass is 400 g/mol. The lowest BCUT2D eigenvalue weighted by atomic mass is 9.98. The van der Waals surface area contributed by atoms with Gasteiger partial charge in [-0.2, -0.15) is 0 Å². The summed E-state index contributed by atoms with van der Waals surface area (Å²) in [4.78, 5) is 17.3. The van der Waals surface area contributed by atoms with Crippen LogP contribution in [0.2, 0.25) is 0 Å². The summed E-state index contributed by atoms with van der Waals surface area (Å²) in [5.41, 5.74) is 4.78. The van der Waals surface area contributed by atoms with Crippen LogP contribution in [-0.2, 0) is 0 Å². The Morgan fingerprint density at radius 2 is 1.93 bits per heavy atom. The number of hydrogen-bond acceptors (Lipinski definition) is 4. The Hall–Kier alpha value is -3.60. The molecule has 0 radical (unpaired) electrons. The summed E-state index contributed by atoms with van der Waals surface area (Å²) in [6, 6.07) is 20.8. The second-order valence-corrected chi connectivity index (χ2v) is 7.29. The lowest BCUT2D eigenvalue weighted by Gasteiger charge is -2.09. The molecule has 4 aromatic rings. The molecule has 5 heteroatoms. The van der Waals surface area contributed by atoms with Gasteiger partial charge in [-0.3, -0.25) is 4.79 Å². The van der Waals surface area contributed by atoms with Gasteiger partial charge in [0.1, 0.15) is 11.3 Å². The third-order valence-corrected chi connectivity index (χ3v) is 5.31. The lowest BCUT2D eigenvalue weighted by molar-refractivity contribution is 0.102. The molecule has 0 bridgehead atoms. The molecule has 4 rings (SSSR count). The molecular weight excluding hydrogens is 376 g/mol. The van der Waals surface area contributed by atoms with Crippen LogP contribution in [0.1, 0.15) is 42.1 Å². The second kappa shape index (κ2) is 8.41. The van der Waals surface area contributed by atoms with E-state index in [4.69, 9.17) is 9.15 Å². The number of carbonyl (C=O) groups excluding carboxylic acids is 1. The first kappa shape index (κ1) is 19.7. The standard InChI is InChI=1S/C25H24N2O3/c1-4-16(2)17-12-13-23-21(15-17)27-25(30-23)18-8-7-9-19(14-18)26-24(28)20-10-5-6-11-22(20)29-3/h5-16H,4H2,1-3H3,(H,26,28)/t16-/m1/s1. The molecule has 1 atom stereocenters. The number of fused-ring (bicyclic) bond motifs is 1. The highest BCUT2D eigenvalue weighted by Gasteiger charge is 2.14. The van der Waals surface area contributed by atoms with E-state index in [9.17, 15) is 4.79 Å². The lowest BCUT2D eigenvalue weighted by Crippen LogP contribution is -2.13. The van der Waals surface area contributed by atoms with E-state index in [0.717, 1.165) is 23.1 Å². The molecule has 152 valence electrons. The Kier molecular flexibility index (Phi) is 5.53. The minimum atomic E-state index is -0.236. The number of rotatable bonds is 6. The van der Waals surface area contributed by atoms with E-state index in [-0.39, 0.29) is 5.91 Å². The first-order valence-electron chi connectivity index (χ1n) is 10.0. The smallest absolute Gasteiger partial charge is 0.259 e. The van der Waals surface area contributed by atoms with Gasteiger partial charge in [0.25, 0.3) is 5.91 Å². The van der Waals surface area contributed by atoms with Crippen molar-refractivity contribution in [2.75, 3.05) is 12.4 Å². The number of anilines is 1. The molecule has 3 aromatic carbocycles. The van der Waals surface area contributed by atoms with Crippen LogP contribution in [0, 0.1) is 0 Å². The van der Waals surface area contributed by atoms with Crippen molar-refractivity contribution < 1.29 is 13.9 Å². The van der Waals surface area contributed by atoms with Gasteiger partial charge >= 0.3 is 0 Å². The normalized spacial score (nSPS) is 12.0. The number of amides is 1. The van der Waals surface area contributed by atoms with Crippen LogP contribution in [-0.4, -0.2) is 18.0 Å². The number of ether oxygens (including phenoxy) is 1. The number of carbonyl (C=O) groups is 1. The predicted octanol–water partition coefficient (Wildman–Crippen LogP) is 6.27. The van der Waals surface area contributed by atoms with Crippen molar-refractivity contribution >= 4 is 22.7 Å². The van der Waals surface area contributed by atoms with E-state index in [1.54, 1.807) is 25.3 Å². The molecule has 1 aromatic heterocycles. The van der Waals surface area contributed by atoms with Crippen molar-refractivity contribution in [2.24, 2.45) is 0 Å². The minimum Gasteiger partial charge on any atom is -0.496 e. The number of methoxy groups -OCH3 is 1. The zero-order valence-corrected chi connectivity index (χ0v) is 17.3. The molecule has 0 aliphatic carbocycles. The quantitative estimate of drug-likeness (QED) is 0.414. The van der Waals surface area contributed by atoms with Gasteiger partial charge in [0, 0.05) is 11.3 Å². The molecule has 0 saturated carbocycles. The Balaban J connectivity index is 1.61. The molecule has 0 unspecified atom stereocenters. The molecule has 0 fully saturated rings. The largest absolute Gasteiger partial charge is 0.496 e. The zero-order chi connectivity index (χ0) is 21.1. The Labute approximate surface area is 175 Å². The fraction of sp³-hybridized carbons (Fsp3) is 0.200. The van der Waals surface area contributed by atoms with Crippen molar-refractivity contribution in [1.29, 1.82) is 0 Å². The molecule has 0 aliphatic heterocycles. The van der Waals surface area contributed by atoms with Crippen molar-refractivity contribution in [1.82, 2.24) is 4.98 Å². The van der Waals surface area contributed by atoms with Crippen LogP contribution in [0.15, 0.2) is 71.1 Å². The number of benzene rings is 3. The third kappa shape index (κ3) is 3.92. The van der Waals surface area contributed by atoms with Gasteiger partial charge in [0.15, 0.2) is 5.58 Å². The number of oxazole rings is 1. The van der Waals surface area contributed by atoms with Crippen LogP contribution in [0.5, 0.6) is 5.75 Å². The van der Waals surface area contributed by atoms with E-state index in [0.29, 0.717) is 28.8 Å². The Morgan fingerprint density at radius 1 is 1.10 bits per heavy atom. The average molecular weight is 400 g/mol. The van der Waals surface area contributed by atoms with Crippen molar-refractivity contribution in [3.63, 3.8) is 0 Å². The van der Waals surface area contributed by atoms with Gasteiger partial charge in [-0.15, -0.1) is 0 Å². The Morgan fingerprint density at radius 3 is 2.73 bits per heavy atom. The fourth-order valence-electron chi connectivity index (χ4n) is 3.37. The highest BCUT2D eigenvalue weighted by molar-refractivity contribution is 6.06. The summed E-state index contributed by atoms with van der Waals surface area (Å²) in [6.07, 6.45) is 1.07. The van der Waals surface area contributed by atoms with E-state index in [2.05, 4.69) is 36.3 Å². The summed E-state index contributed by atoms with van der Waals surface area (Å²) < 4.78 is 11.2. The number of nitrogens with zero attached hydrogens (tertiary/aromatic N) is 1. The van der Waals surface area contributed by atoms with Crippen molar-refractivity contribution in [3.8, 4) is 17.2 Å². The topological polar surface area (TPSA) is 64.4 Å². The molecule has 1 heterocycles. The van der Waals surface area contributed by atoms with Gasteiger partial charge in [-0.05, 0) is 60.4 Å². The zero-order valence-electron chi connectivity index (χ0n) is 17.3. The van der Waals surface area contributed by atoms with Crippen LogP contribution in [0.4, 0.5) is 5.69 Å². The maximum atomic E-state index is 12.7. The third-order valence-electron chi connectivity index (χ3n) is 5.31. The van der Waals surface area contributed by atoms with Gasteiger partial charge in [0.2, 0.25) is 5.89 Å². The van der Waals surface area contributed by atoms with Gasteiger partial charge in [0.05, 0.1) is 12.7 Å². The van der Waals surface area contributed by atoms with Crippen molar-refractivity contribution in [2.45, 2.75) is 26.2 Å². The molecule has 30 heavy (non-hydrogen) atoms. The second-order valence-electron chi connectivity index (χ2n) is 7.29. The van der Waals surface area contributed by atoms with E-state index in [1.165, 1.54) is 5.56 Å². The molecule has 1 amide bonds. The molecular formula is C25H24N2O3. The highest BCUT2D eigenvalue weighted by Crippen LogP contribution is 2.29. The highest BCUT2D eigenvalue weighted by atomic mass is 16.5. The molecule has 5 nitrogen and oxygen atoms in total. The van der Waals surface area contributed by atoms with Gasteiger partial charge in [-0.1, -0.05) is 38.1 Å². The van der Waals surface area contributed by atoms with E-state index >= 15 is 0 Å². The summed E-state index contributed by atoms with van der Waals surface area (Å²) in [6.45, 7) is 4.38. The average Bonchev–Trinajstić information content (AvgIpc) is 3.22. The maximum Gasteiger partial charge on any atom is 0.259 e. The first-order valence-corrected chi connectivity index (χ1v) is 10.0. The van der Waals surface area contributed by atoms with Crippen LogP contribution in [0.25, 0.3) is 22.6 Å². The summed E-state index contributed by atoms with van der Waals surface area (Å²) in [7, 11) is 1.55. The molecule has 0 saturated heterocycles. The summed E-state index contributed by atoms with van der Waals surface area (Å²) in [5.74, 6) is 1.30. The summed E-state index contributed by atoms with van der Waals surface area (Å²) in [5, 5.41) is 2.92. The van der Waals surface area contributed by atoms with Crippen LogP contribution < -0.4 is 10.1 Å². The maximum absolute atomic E-state index is 12.7.